The van der Waals surface area contributed by atoms with Crippen molar-refractivity contribution in [2.75, 3.05) is 20.8 Å². The first-order valence-corrected chi connectivity index (χ1v) is 7.75. The molecule has 1 aliphatic heterocycles. The Morgan fingerprint density at radius 2 is 2.00 bits per heavy atom. The summed E-state index contributed by atoms with van der Waals surface area (Å²) in [6.07, 6.45) is 0. The first-order valence-electron chi connectivity index (χ1n) is 7.75. The number of hydrogen-bond donors (Lipinski definition) is 2. The lowest BCUT2D eigenvalue weighted by atomic mass is 9.82. The largest absolute Gasteiger partial charge is 0.493 e. The summed E-state index contributed by atoms with van der Waals surface area (Å²) in [5, 5.41) is 12.5. The van der Waals surface area contributed by atoms with Crippen LogP contribution in [-0.2, 0) is 9.53 Å². The van der Waals surface area contributed by atoms with Crippen LogP contribution in [0.5, 0.6) is 11.5 Å². The van der Waals surface area contributed by atoms with Gasteiger partial charge in [-0.2, -0.15) is 5.26 Å². The Labute approximate surface area is 146 Å². The highest BCUT2D eigenvalue weighted by molar-refractivity contribution is 5.93. The molecule has 7 heteroatoms. The average Bonchev–Trinajstić information content (AvgIpc) is 2.60. The predicted molar refractivity (Wildman–Crippen MR) is 91.6 cm³/mol. The molecule has 0 saturated carbocycles. The van der Waals surface area contributed by atoms with Crippen LogP contribution >= 0.6 is 0 Å². The van der Waals surface area contributed by atoms with Crippen molar-refractivity contribution in [2.24, 2.45) is 5.73 Å². The second-order valence-corrected chi connectivity index (χ2v) is 5.37. The van der Waals surface area contributed by atoms with Gasteiger partial charge in [-0.15, -0.1) is 0 Å². The Morgan fingerprint density at radius 3 is 2.56 bits per heavy atom. The fourth-order valence-corrected chi connectivity index (χ4v) is 2.82. The molecule has 3 N–H and O–H groups in total. The van der Waals surface area contributed by atoms with Crippen molar-refractivity contribution in [1.82, 2.24) is 5.32 Å². The Balaban J connectivity index is 2.64. The van der Waals surface area contributed by atoms with Gasteiger partial charge in [-0.3, -0.25) is 0 Å². The standard InChI is InChI=1S/C18H21N3O4/c1-5-25-18(22)15-10(2)21-17(20)12(9-19)16(15)11-6-7-13(23-3)14(8-11)24-4/h6-8,16,21H,5,20H2,1-4H3. The van der Waals surface area contributed by atoms with Crippen LogP contribution < -0.4 is 20.5 Å². The van der Waals surface area contributed by atoms with Gasteiger partial charge in [0.25, 0.3) is 0 Å². The smallest absolute Gasteiger partial charge is 0.336 e. The van der Waals surface area contributed by atoms with E-state index in [1.807, 2.05) is 0 Å². The number of nitrogens with one attached hydrogen (secondary N) is 1. The van der Waals surface area contributed by atoms with Crippen LogP contribution in [0.3, 0.4) is 0 Å². The molecular formula is C18H21N3O4. The van der Waals surface area contributed by atoms with Crippen molar-refractivity contribution in [3.8, 4) is 17.6 Å². The van der Waals surface area contributed by atoms with Gasteiger partial charge < -0.3 is 25.3 Å². The maximum Gasteiger partial charge on any atom is 0.336 e. The molecule has 0 spiro atoms. The van der Waals surface area contributed by atoms with Crippen molar-refractivity contribution in [2.45, 2.75) is 19.8 Å². The Morgan fingerprint density at radius 1 is 1.32 bits per heavy atom. The Bertz CT molecular complexity index is 790. The lowest BCUT2D eigenvalue weighted by molar-refractivity contribution is -0.138. The van der Waals surface area contributed by atoms with Crippen molar-refractivity contribution >= 4 is 5.97 Å². The van der Waals surface area contributed by atoms with E-state index < -0.39 is 11.9 Å². The minimum absolute atomic E-state index is 0.216. The van der Waals surface area contributed by atoms with Crippen LogP contribution in [0.25, 0.3) is 0 Å². The molecule has 0 amide bonds. The van der Waals surface area contributed by atoms with E-state index in [0.717, 1.165) is 0 Å². The van der Waals surface area contributed by atoms with Gasteiger partial charge in [0, 0.05) is 5.70 Å². The number of nitrogens with two attached hydrogens (primary N) is 1. The summed E-state index contributed by atoms with van der Waals surface area (Å²) >= 11 is 0. The molecule has 0 bridgehead atoms. The number of nitriles is 1. The highest BCUT2D eigenvalue weighted by Gasteiger charge is 2.35. The van der Waals surface area contributed by atoms with E-state index in [-0.39, 0.29) is 18.0 Å². The third-order valence-electron chi connectivity index (χ3n) is 3.95. The molecule has 7 nitrogen and oxygen atoms in total. The van der Waals surface area contributed by atoms with Gasteiger partial charge >= 0.3 is 5.97 Å². The zero-order valence-corrected chi connectivity index (χ0v) is 14.7. The van der Waals surface area contributed by atoms with E-state index in [0.29, 0.717) is 28.3 Å². The van der Waals surface area contributed by atoms with Gasteiger partial charge in [0.15, 0.2) is 11.5 Å². The van der Waals surface area contributed by atoms with Crippen LogP contribution in [0, 0.1) is 11.3 Å². The number of hydrogen-bond acceptors (Lipinski definition) is 7. The van der Waals surface area contributed by atoms with Gasteiger partial charge in [-0.25, -0.2) is 4.79 Å². The van der Waals surface area contributed by atoms with Crippen LogP contribution in [-0.4, -0.2) is 26.8 Å². The van der Waals surface area contributed by atoms with Crippen molar-refractivity contribution in [3.63, 3.8) is 0 Å². The SMILES string of the molecule is CCOC(=O)C1=C(C)NC(N)=C(C#N)C1c1ccc(OC)c(OC)c1. The van der Waals surface area contributed by atoms with E-state index in [1.54, 1.807) is 32.0 Å². The fourth-order valence-electron chi connectivity index (χ4n) is 2.82. The van der Waals surface area contributed by atoms with E-state index >= 15 is 0 Å². The fraction of sp³-hybridized carbons (Fsp3) is 0.333. The minimum Gasteiger partial charge on any atom is -0.493 e. The number of dihydropyridines is 1. The molecule has 0 aliphatic carbocycles. The van der Waals surface area contributed by atoms with Crippen molar-refractivity contribution < 1.29 is 19.0 Å². The number of carbonyl (C=O) groups excluding carboxylic acids is 1. The third kappa shape index (κ3) is 3.38. The molecule has 1 unspecified atom stereocenters. The molecular weight excluding hydrogens is 322 g/mol. The molecule has 0 radical (unpaired) electrons. The minimum atomic E-state index is -0.648. The molecule has 0 aromatic heterocycles. The number of benzene rings is 1. The normalized spacial score (nSPS) is 16.8. The Kier molecular flexibility index (Phi) is 5.55. The summed E-state index contributed by atoms with van der Waals surface area (Å²) in [6.45, 7) is 3.68. The van der Waals surface area contributed by atoms with E-state index in [4.69, 9.17) is 19.9 Å². The molecule has 1 atom stereocenters. The summed E-state index contributed by atoms with van der Waals surface area (Å²) < 4.78 is 15.7. The summed E-state index contributed by atoms with van der Waals surface area (Å²) in [4.78, 5) is 12.5. The highest BCUT2D eigenvalue weighted by Crippen LogP contribution is 2.40. The van der Waals surface area contributed by atoms with Crippen molar-refractivity contribution in [3.05, 3.63) is 46.4 Å². The van der Waals surface area contributed by atoms with Gasteiger partial charge in [0.2, 0.25) is 0 Å². The molecule has 2 rings (SSSR count). The zero-order valence-electron chi connectivity index (χ0n) is 14.7. The maximum absolute atomic E-state index is 12.5. The van der Waals surface area contributed by atoms with Gasteiger partial charge in [0.1, 0.15) is 5.82 Å². The van der Waals surface area contributed by atoms with Crippen LogP contribution in [0.1, 0.15) is 25.3 Å². The van der Waals surface area contributed by atoms with Gasteiger partial charge in [-0.1, -0.05) is 6.07 Å². The second-order valence-electron chi connectivity index (χ2n) is 5.37. The highest BCUT2D eigenvalue weighted by atomic mass is 16.5. The molecule has 25 heavy (non-hydrogen) atoms. The molecule has 1 aromatic rings. The summed E-state index contributed by atoms with van der Waals surface area (Å²) in [7, 11) is 3.06. The lowest BCUT2D eigenvalue weighted by Crippen LogP contribution is -2.32. The summed E-state index contributed by atoms with van der Waals surface area (Å²) in [6, 6.07) is 7.32. The number of allylic oxidation sites excluding steroid dienone is 2. The van der Waals surface area contributed by atoms with Crippen LogP contribution in [0.2, 0.25) is 0 Å². The first-order chi connectivity index (χ1) is 12.0. The number of methoxy groups -OCH3 is 2. The number of rotatable bonds is 5. The van der Waals surface area contributed by atoms with Crippen molar-refractivity contribution in [1.29, 1.82) is 5.26 Å². The number of nitrogens with zero attached hydrogens (tertiary/aromatic N) is 1. The number of esters is 1. The van der Waals surface area contributed by atoms with Gasteiger partial charge in [0.05, 0.1) is 44.0 Å². The topological polar surface area (TPSA) is 107 Å². The molecule has 0 fully saturated rings. The molecule has 0 saturated heterocycles. The van der Waals surface area contributed by atoms with E-state index in [9.17, 15) is 10.1 Å². The zero-order chi connectivity index (χ0) is 18.6. The van der Waals surface area contributed by atoms with E-state index in [1.165, 1.54) is 14.2 Å². The monoisotopic (exact) mass is 343 g/mol. The number of carbonyl (C=O) groups is 1. The lowest BCUT2D eigenvalue weighted by Gasteiger charge is -2.28. The summed E-state index contributed by atoms with van der Waals surface area (Å²) in [5.74, 6) is 0.120. The predicted octanol–water partition coefficient (Wildman–Crippen LogP) is 1.92. The molecule has 1 heterocycles. The van der Waals surface area contributed by atoms with Gasteiger partial charge in [-0.05, 0) is 31.5 Å². The van der Waals surface area contributed by atoms with Crippen LogP contribution in [0.15, 0.2) is 40.9 Å². The quantitative estimate of drug-likeness (QED) is 0.787. The average molecular weight is 343 g/mol. The number of ether oxygens (including phenoxy) is 3. The second kappa shape index (κ2) is 7.62. The maximum atomic E-state index is 12.5. The molecule has 1 aliphatic rings. The molecule has 132 valence electrons. The van der Waals surface area contributed by atoms with E-state index in [2.05, 4.69) is 11.4 Å². The third-order valence-corrected chi connectivity index (χ3v) is 3.95. The Hall–Kier alpha value is -3.14. The summed E-state index contributed by atoms with van der Waals surface area (Å²) in [5.41, 5.74) is 7.80. The van der Waals surface area contributed by atoms with Crippen LogP contribution in [0.4, 0.5) is 0 Å². The first kappa shape index (κ1) is 18.2. The molecule has 1 aromatic carbocycles.